The van der Waals surface area contributed by atoms with E-state index in [4.69, 9.17) is 0 Å². The summed E-state index contributed by atoms with van der Waals surface area (Å²) in [6, 6.07) is 20.5. The molecule has 114 valence electrons. The summed E-state index contributed by atoms with van der Waals surface area (Å²) in [6.07, 6.45) is 0.872. The van der Waals surface area contributed by atoms with Crippen molar-refractivity contribution in [2.75, 3.05) is 11.9 Å². The fourth-order valence-corrected chi connectivity index (χ4v) is 3.23. The van der Waals surface area contributed by atoms with Crippen LogP contribution in [0, 0.1) is 0 Å². The van der Waals surface area contributed by atoms with Crippen molar-refractivity contribution in [2.24, 2.45) is 0 Å². The van der Waals surface area contributed by atoms with Crippen LogP contribution in [0.2, 0.25) is 0 Å². The lowest BCUT2D eigenvalue weighted by Gasteiger charge is -2.24. The smallest absolute Gasteiger partial charge is 0.244 e. The van der Waals surface area contributed by atoms with Gasteiger partial charge in [-0.1, -0.05) is 48.5 Å². The maximum atomic E-state index is 12.8. The zero-order chi connectivity index (χ0) is 15.5. The standard InChI is InChI=1S/C19H22N2O/c1-15-13-18(20(2)14-16-9-5-3-6-10-16)19(22)21(15)17-11-7-4-8-12-17/h3-12,15,18H,13-14H2,1-2H3/t15-,18-/m0/s1. The van der Waals surface area contributed by atoms with Gasteiger partial charge in [-0.05, 0) is 38.1 Å². The first kappa shape index (κ1) is 14.8. The Morgan fingerprint density at radius 3 is 2.27 bits per heavy atom. The molecule has 0 aliphatic carbocycles. The van der Waals surface area contributed by atoms with Crippen LogP contribution in [-0.4, -0.2) is 29.9 Å². The summed E-state index contributed by atoms with van der Waals surface area (Å²) in [6.45, 7) is 2.92. The summed E-state index contributed by atoms with van der Waals surface area (Å²) in [5.41, 5.74) is 2.24. The molecular formula is C19H22N2O. The highest BCUT2D eigenvalue weighted by Gasteiger charge is 2.39. The number of hydrogen-bond acceptors (Lipinski definition) is 2. The van der Waals surface area contributed by atoms with Crippen molar-refractivity contribution in [1.82, 2.24) is 4.90 Å². The number of likely N-dealkylation sites (N-methyl/N-ethyl adjacent to an activating group) is 1. The maximum Gasteiger partial charge on any atom is 0.244 e. The van der Waals surface area contributed by atoms with Gasteiger partial charge in [-0.2, -0.15) is 0 Å². The van der Waals surface area contributed by atoms with E-state index in [0.717, 1.165) is 18.7 Å². The second kappa shape index (κ2) is 6.32. The van der Waals surface area contributed by atoms with Gasteiger partial charge in [-0.15, -0.1) is 0 Å². The Morgan fingerprint density at radius 2 is 1.64 bits per heavy atom. The molecule has 2 aromatic carbocycles. The SMILES string of the molecule is C[C@H]1C[C@H](N(C)Cc2ccccc2)C(=O)N1c1ccccc1. The Labute approximate surface area is 132 Å². The molecule has 3 nitrogen and oxygen atoms in total. The second-order valence-corrected chi connectivity index (χ2v) is 6.05. The lowest BCUT2D eigenvalue weighted by Crippen LogP contribution is -2.39. The Balaban J connectivity index is 1.75. The number of carbonyl (C=O) groups is 1. The number of rotatable bonds is 4. The number of para-hydroxylation sites is 1. The molecule has 1 aliphatic heterocycles. The van der Waals surface area contributed by atoms with Crippen LogP contribution < -0.4 is 4.90 Å². The van der Waals surface area contributed by atoms with Gasteiger partial charge in [0.15, 0.2) is 0 Å². The van der Waals surface area contributed by atoms with Gasteiger partial charge >= 0.3 is 0 Å². The van der Waals surface area contributed by atoms with Crippen LogP contribution in [-0.2, 0) is 11.3 Å². The Morgan fingerprint density at radius 1 is 1.05 bits per heavy atom. The van der Waals surface area contributed by atoms with Crippen molar-refractivity contribution in [3.63, 3.8) is 0 Å². The first-order valence-corrected chi connectivity index (χ1v) is 7.79. The Hall–Kier alpha value is -2.13. The average molecular weight is 294 g/mol. The molecule has 0 unspecified atom stereocenters. The van der Waals surface area contributed by atoms with Crippen molar-refractivity contribution in [3.8, 4) is 0 Å². The molecule has 1 heterocycles. The minimum Gasteiger partial charge on any atom is -0.308 e. The summed E-state index contributed by atoms with van der Waals surface area (Å²) in [7, 11) is 2.04. The third kappa shape index (κ3) is 2.90. The minimum absolute atomic E-state index is 0.0459. The molecule has 3 rings (SSSR count). The fraction of sp³-hybridized carbons (Fsp3) is 0.316. The summed E-state index contributed by atoms with van der Waals surface area (Å²) in [4.78, 5) is 16.9. The molecule has 2 aromatic rings. The van der Waals surface area contributed by atoms with E-state index in [1.807, 2.05) is 60.5 Å². The quantitative estimate of drug-likeness (QED) is 0.863. The van der Waals surface area contributed by atoms with Crippen molar-refractivity contribution < 1.29 is 4.79 Å². The monoisotopic (exact) mass is 294 g/mol. The van der Waals surface area contributed by atoms with E-state index >= 15 is 0 Å². The molecule has 1 aliphatic rings. The van der Waals surface area contributed by atoms with Crippen molar-refractivity contribution in [2.45, 2.75) is 32.0 Å². The highest BCUT2D eigenvalue weighted by atomic mass is 16.2. The molecule has 1 fully saturated rings. The van der Waals surface area contributed by atoms with Gasteiger partial charge in [0.2, 0.25) is 5.91 Å². The number of anilines is 1. The van der Waals surface area contributed by atoms with Crippen LogP contribution in [0.1, 0.15) is 18.9 Å². The van der Waals surface area contributed by atoms with Gasteiger partial charge in [0, 0.05) is 18.3 Å². The van der Waals surface area contributed by atoms with Crippen LogP contribution in [0.25, 0.3) is 0 Å². The number of benzene rings is 2. The van der Waals surface area contributed by atoms with Crippen LogP contribution >= 0.6 is 0 Å². The van der Waals surface area contributed by atoms with E-state index in [-0.39, 0.29) is 18.0 Å². The van der Waals surface area contributed by atoms with Crippen molar-refractivity contribution in [3.05, 3.63) is 66.2 Å². The molecule has 1 saturated heterocycles. The summed E-state index contributed by atoms with van der Waals surface area (Å²) >= 11 is 0. The van der Waals surface area contributed by atoms with E-state index in [1.54, 1.807) is 0 Å². The van der Waals surface area contributed by atoms with Crippen molar-refractivity contribution in [1.29, 1.82) is 0 Å². The van der Waals surface area contributed by atoms with Crippen molar-refractivity contribution >= 4 is 11.6 Å². The first-order chi connectivity index (χ1) is 10.7. The number of nitrogens with zero attached hydrogens (tertiary/aromatic N) is 2. The van der Waals surface area contributed by atoms with Gasteiger partial charge < -0.3 is 4.90 Å². The van der Waals surface area contributed by atoms with E-state index in [1.165, 1.54) is 5.56 Å². The molecule has 0 spiro atoms. The Bertz CT molecular complexity index is 626. The van der Waals surface area contributed by atoms with E-state index in [0.29, 0.717) is 0 Å². The maximum absolute atomic E-state index is 12.8. The third-order valence-corrected chi connectivity index (χ3v) is 4.37. The largest absolute Gasteiger partial charge is 0.308 e. The van der Waals surface area contributed by atoms with E-state index in [2.05, 4.69) is 24.0 Å². The summed E-state index contributed by atoms with van der Waals surface area (Å²) < 4.78 is 0. The summed E-state index contributed by atoms with van der Waals surface area (Å²) in [5, 5.41) is 0. The zero-order valence-electron chi connectivity index (χ0n) is 13.1. The van der Waals surface area contributed by atoms with Crippen LogP contribution in [0.3, 0.4) is 0 Å². The average Bonchev–Trinajstić information content (AvgIpc) is 2.84. The number of hydrogen-bond donors (Lipinski definition) is 0. The molecular weight excluding hydrogens is 272 g/mol. The molecule has 0 radical (unpaired) electrons. The van der Waals surface area contributed by atoms with E-state index in [9.17, 15) is 4.79 Å². The number of carbonyl (C=O) groups excluding carboxylic acids is 1. The van der Waals surface area contributed by atoms with Gasteiger partial charge in [-0.25, -0.2) is 0 Å². The first-order valence-electron chi connectivity index (χ1n) is 7.79. The van der Waals surface area contributed by atoms with Crippen LogP contribution in [0.4, 0.5) is 5.69 Å². The van der Waals surface area contributed by atoms with Gasteiger partial charge in [0.1, 0.15) is 0 Å². The molecule has 22 heavy (non-hydrogen) atoms. The molecule has 2 atom stereocenters. The lowest BCUT2D eigenvalue weighted by atomic mass is 10.1. The fourth-order valence-electron chi connectivity index (χ4n) is 3.23. The van der Waals surface area contributed by atoms with E-state index < -0.39 is 0 Å². The highest BCUT2D eigenvalue weighted by Crippen LogP contribution is 2.29. The zero-order valence-corrected chi connectivity index (χ0v) is 13.1. The molecule has 0 N–H and O–H groups in total. The topological polar surface area (TPSA) is 23.6 Å². The van der Waals surface area contributed by atoms with Gasteiger partial charge in [-0.3, -0.25) is 9.69 Å². The molecule has 1 amide bonds. The molecule has 0 bridgehead atoms. The molecule has 0 aromatic heterocycles. The van der Waals surface area contributed by atoms with Crippen LogP contribution in [0.5, 0.6) is 0 Å². The normalized spacial score (nSPS) is 21.6. The predicted molar refractivity (Wildman–Crippen MR) is 89.7 cm³/mol. The minimum atomic E-state index is -0.0459. The summed E-state index contributed by atoms with van der Waals surface area (Å²) in [5.74, 6) is 0.206. The van der Waals surface area contributed by atoms with Gasteiger partial charge in [0.25, 0.3) is 0 Å². The number of amides is 1. The second-order valence-electron chi connectivity index (χ2n) is 6.05. The lowest BCUT2D eigenvalue weighted by molar-refractivity contribution is -0.121. The van der Waals surface area contributed by atoms with Crippen LogP contribution in [0.15, 0.2) is 60.7 Å². The van der Waals surface area contributed by atoms with Gasteiger partial charge in [0.05, 0.1) is 6.04 Å². The predicted octanol–water partition coefficient (Wildman–Crippen LogP) is 3.31. The molecule has 3 heteroatoms. The Kier molecular flexibility index (Phi) is 4.25. The highest BCUT2D eigenvalue weighted by molar-refractivity contribution is 6.00. The molecule has 0 saturated carbocycles. The third-order valence-electron chi connectivity index (χ3n) is 4.37.